The fourth-order valence-electron chi connectivity index (χ4n) is 13.5. The average Bonchev–Trinajstić information content (AvgIpc) is 1.47. The molecule has 0 aliphatic carbocycles. The first kappa shape index (κ1) is 49.2. The Balaban J connectivity index is 0.000000134. The maximum atomic E-state index is 6.35. The minimum Gasteiger partial charge on any atom is -0.455 e. The quantitative estimate of drug-likeness (QED) is 0.156. The second-order valence-electron chi connectivity index (χ2n) is 22.2. The molecule has 4 heterocycles. The van der Waals surface area contributed by atoms with E-state index in [1.807, 2.05) is 48.8 Å². The number of para-hydroxylation sites is 6. The van der Waals surface area contributed by atoms with Crippen LogP contribution in [0, 0.1) is 0 Å². The van der Waals surface area contributed by atoms with Crippen LogP contribution in [-0.2, 0) is 0 Å². The standard InChI is InChI=1S/2C41H25NO/c2*1-7-18-37-28(10-1)24-29(25-42-37)40-34-14-4-2-12-32(34)39(33-13-3-5-15-35(33)40)27-22-20-26(21-23-27)30-16-9-17-36-31-11-6-8-19-38(31)43-41(30)36/h2*1-25H. The Bertz CT molecular complexity index is 5250. The van der Waals surface area contributed by atoms with Crippen molar-refractivity contribution in [3.05, 3.63) is 304 Å². The summed E-state index contributed by atoms with van der Waals surface area (Å²) in [7, 11) is 0. The van der Waals surface area contributed by atoms with Crippen molar-refractivity contribution in [2.45, 2.75) is 0 Å². The molecule has 0 saturated heterocycles. The largest absolute Gasteiger partial charge is 0.455 e. The highest BCUT2D eigenvalue weighted by atomic mass is 16.3. The van der Waals surface area contributed by atoms with Crippen molar-refractivity contribution < 1.29 is 8.83 Å². The maximum absolute atomic E-state index is 6.35. The van der Waals surface area contributed by atoms with Gasteiger partial charge in [-0.3, -0.25) is 9.97 Å². The van der Waals surface area contributed by atoms with Crippen LogP contribution in [0.25, 0.3) is 176 Å². The van der Waals surface area contributed by atoms with Crippen molar-refractivity contribution in [1.29, 1.82) is 0 Å². The van der Waals surface area contributed by atoms with Crippen LogP contribution in [0.1, 0.15) is 0 Å². The van der Waals surface area contributed by atoms with E-state index in [2.05, 4.69) is 255 Å². The number of benzene rings is 14. The van der Waals surface area contributed by atoms with E-state index in [4.69, 9.17) is 18.8 Å². The van der Waals surface area contributed by atoms with Crippen LogP contribution in [0.5, 0.6) is 0 Å². The molecule has 0 fully saturated rings. The topological polar surface area (TPSA) is 52.1 Å². The molecule has 18 rings (SSSR count). The van der Waals surface area contributed by atoms with E-state index in [1.165, 1.54) is 76.5 Å². The summed E-state index contributed by atoms with van der Waals surface area (Å²) in [6.07, 6.45) is 4.04. The molecule has 0 aliphatic rings. The predicted octanol–water partition coefficient (Wildman–Crippen LogP) is 22.9. The highest BCUT2D eigenvalue weighted by Gasteiger charge is 2.21. The maximum Gasteiger partial charge on any atom is 0.143 e. The molecular weight excluding hydrogens is 1040 g/mol. The lowest BCUT2D eigenvalue weighted by Crippen LogP contribution is -1.91. The lowest BCUT2D eigenvalue weighted by Gasteiger charge is -2.18. The van der Waals surface area contributed by atoms with Gasteiger partial charge in [-0.2, -0.15) is 0 Å². The highest BCUT2D eigenvalue weighted by molar-refractivity contribution is 6.23. The van der Waals surface area contributed by atoms with Crippen molar-refractivity contribution >= 4 is 109 Å². The molecule has 18 aromatic rings. The molecule has 0 aliphatic heterocycles. The van der Waals surface area contributed by atoms with Gasteiger partial charge in [0.05, 0.1) is 11.0 Å². The molecule has 0 amide bonds. The first-order chi connectivity index (χ1) is 42.7. The number of hydrogen-bond acceptors (Lipinski definition) is 4. The lowest BCUT2D eigenvalue weighted by molar-refractivity contribution is 0.669. The molecular formula is C82H50N2O2. The summed E-state index contributed by atoms with van der Waals surface area (Å²) in [5.74, 6) is 0. The molecule has 0 bridgehead atoms. The molecule has 400 valence electrons. The van der Waals surface area contributed by atoms with Gasteiger partial charge in [0.25, 0.3) is 0 Å². The van der Waals surface area contributed by atoms with Gasteiger partial charge in [-0.15, -0.1) is 0 Å². The number of rotatable bonds is 6. The summed E-state index contributed by atoms with van der Waals surface area (Å²) in [5.41, 5.74) is 19.8. The van der Waals surface area contributed by atoms with Crippen LogP contribution in [-0.4, -0.2) is 9.97 Å². The number of furan rings is 2. The smallest absolute Gasteiger partial charge is 0.143 e. The normalized spacial score (nSPS) is 11.7. The Kier molecular flexibility index (Phi) is 11.5. The van der Waals surface area contributed by atoms with E-state index in [-0.39, 0.29) is 0 Å². The zero-order valence-electron chi connectivity index (χ0n) is 46.6. The molecule has 4 nitrogen and oxygen atoms in total. The van der Waals surface area contributed by atoms with Gasteiger partial charge in [0, 0.05) is 67.0 Å². The lowest BCUT2D eigenvalue weighted by atomic mass is 9.86. The van der Waals surface area contributed by atoms with Gasteiger partial charge in [-0.05, 0) is 124 Å². The molecule has 0 atom stereocenters. The van der Waals surface area contributed by atoms with E-state index >= 15 is 0 Å². The van der Waals surface area contributed by atoms with Crippen LogP contribution >= 0.6 is 0 Å². The second kappa shape index (κ2) is 20.2. The van der Waals surface area contributed by atoms with Gasteiger partial charge in [-0.25, -0.2) is 0 Å². The van der Waals surface area contributed by atoms with Crippen molar-refractivity contribution in [3.8, 4) is 66.8 Å². The first-order valence-electron chi connectivity index (χ1n) is 29.3. The summed E-state index contributed by atoms with van der Waals surface area (Å²) in [6, 6.07) is 103. The molecule has 0 unspecified atom stereocenters. The van der Waals surface area contributed by atoms with E-state index in [9.17, 15) is 0 Å². The van der Waals surface area contributed by atoms with Gasteiger partial charge in [-0.1, -0.05) is 255 Å². The Morgan fingerprint density at radius 3 is 0.849 bits per heavy atom. The summed E-state index contributed by atoms with van der Waals surface area (Å²) in [5, 5.41) is 16.7. The third-order valence-corrected chi connectivity index (χ3v) is 17.4. The van der Waals surface area contributed by atoms with Crippen LogP contribution in [0.2, 0.25) is 0 Å². The zero-order valence-corrected chi connectivity index (χ0v) is 46.6. The minimum atomic E-state index is 0.918. The second-order valence-corrected chi connectivity index (χ2v) is 22.2. The molecule has 14 aromatic carbocycles. The van der Waals surface area contributed by atoms with Gasteiger partial charge in [0.15, 0.2) is 0 Å². The zero-order chi connectivity index (χ0) is 56.7. The Morgan fingerprint density at radius 2 is 0.488 bits per heavy atom. The fraction of sp³-hybridized carbons (Fsp3) is 0. The Labute approximate surface area is 495 Å². The van der Waals surface area contributed by atoms with E-state index in [0.29, 0.717) is 0 Å². The SMILES string of the molecule is c1ccc2ncc(-c3c4ccccc4c(-c4ccc(-c5cccc6c5oc5ccccc56)cc4)c4ccccc34)cc2c1.c1ccc2ncc(-c3c4ccccc4c(-c4ccc(-c5cccc6c5oc5ccccc56)cc4)c4ccccc34)cc2c1. The van der Waals surface area contributed by atoms with E-state index < -0.39 is 0 Å². The van der Waals surface area contributed by atoms with Crippen molar-refractivity contribution in [3.63, 3.8) is 0 Å². The predicted molar refractivity (Wildman–Crippen MR) is 361 cm³/mol. The van der Waals surface area contributed by atoms with Crippen LogP contribution in [0.15, 0.2) is 312 Å². The average molecular weight is 1100 g/mol. The van der Waals surface area contributed by atoms with Crippen LogP contribution in [0.3, 0.4) is 0 Å². The number of nitrogens with zero attached hydrogens (tertiary/aromatic N) is 2. The third kappa shape index (κ3) is 8.07. The van der Waals surface area contributed by atoms with Crippen LogP contribution < -0.4 is 0 Å². The monoisotopic (exact) mass is 1090 g/mol. The summed E-state index contributed by atoms with van der Waals surface area (Å²) >= 11 is 0. The summed E-state index contributed by atoms with van der Waals surface area (Å²) in [4.78, 5) is 9.64. The molecule has 0 radical (unpaired) electrons. The molecule has 4 aromatic heterocycles. The summed E-state index contributed by atoms with van der Waals surface area (Å²) < 4.78 is 12.7. The number of pyridine rings is 2. The molecule has 4 heteroatoms. The van der Waals surface area contributed by atoms with Gasteiger partial charge in [0.1, 0.15) is 22.3 Å². The van der Waals surface area contributed by atoms with Crippen LogP contribution in [0.4, 0.5) is 0 Å². The molecule has 0 N–H and O–H groups in total. The third-order valence-electron chi connectivity index (χ3n) is 17.4. The number of aromatic nitrogens is 2. The number of fused-ring (bicyclic) bond motifs is 12. The minimum absolute atomic E-state index is 0.918. The molecule has 86 heavy (non-hydrogen) atoms. The molecule has 0 saturated carbocycles. The first-order valence-corrected chi connectivity index (χ1v) is 29.3. The fourth-order valence-corrected chi connectivity index (χ4v) is 13.5. The number of hydrogen-bond donors (Lipinski definition) is 0. The van der Waals surface area contributed by atoms with Crippen molar-refractivity contribution in [2.75, 3.05) is 0 Å². The van der Waals surface area contributed by atoms with Gasteiger partial charge < -0.3 is 8.83 Å². The van der Waals surface area contributed by atoms with E-state index in [1.54, 1.807) is 0 Å². The summed E-state index contributed by atoms with van der Waals surface area (Å²) in [6.45, 7) is 0. The Hall–Kier alpha value is -11.5. The van der Waals surface area contributed by atoms with Gasteiger partial charge in [0.2, 0.25) is 0 Å². The van der Waals surface area contributed by atoms with Crippen molar-refractivity contribution in [2.24, 2.45) is 0 Å². The van der Waals surface area contributed by atoms with Crippen molar-refractivity contribution in [1.82, 2.24) is 9.97 Å². The highest BCUT2D eigenvalue weighted by Crippen LogP contribution is 2.47. The van der Waals surface area contributed by atoms with Gasteiger partial charge >= 0.3 is 0 Å². The van der Waals surface area contributed by atoms with E-state index in [0.717, 1.165) is 99.1 Å². The Morgan fingerprint density at radius 1 is 0.209 bits per heavy atom. The molecule has 0 spiro atoms.